The SMILES string of the molecule is CC(=O)CCO.CC(=O)CCOC(=S)Nc1ccc([N+](=O)[O-])cc1.N#CSc1ccc([N+](=O)[O-])cc1. The van der Waals surface area contributed by atoms with E-state index in [4.69, 9.17) is 27.3 Å². The van der Waals surface area contributed by atoms with E-state index in [1.54, 1.807) is 12.1 Å². The van der Waals surface area contributed by atoms with Crippen LogP contribution >= 0.6 is 24.0 Å². The second-order valence-corrected chi connectivity index (χ2v) is 7.87. The predicted molar refractivity (Wildman–Crippen MR) is 138 cm³/mol. The number of rotatable bonds is 9. The van der Waals surface area contributed by atoms with Crippen LogP contribution in [-0.2, 0) is 14.3 Å². The van der Waals surface area contributed by atoms with Crippen LogP contribution in [-0.4, -0.2) is 44.9 Å². The molecule has 192 valence electrons. The van der Waals surface area contributed by atoms with E-state index in [-0.39, 0.29) is 41.3 Å². The molecule has 0 aliphatic rings. The Balaban J connectivity index is 0.000000583. The van der Waals surface area contributed by atoms with Gasteiger partial charge >= 0.3 is 0 Å². The highest BCUT2D eigenvalue weighted by Crippen LogP contribution is 2.19. The maximum Gasteiger partial charge on any atom is 0.269 e. The van der Waals surface area contributed by atoms with Gasteiger partial charge in [0.2, 0.25) is 0 Å². The Hall–Kier alpha value is -3.93. The number of thiocyanates is 1. The second kappa shape index (κ2) is 18.4. The van der Waals surface area contributed by atoms with Gasteiger partial charge in [-0.1, -0.05) is 0 Å². The van der Waals surface area contributed by atoms with Crippen LogP contribution in [0.3, 0.4) is 0 Å². The van der Waals surface area contributed by atoms with Crippen LogP contribution < -0.4 is 5.32 Å². The second-order valence-electron chi connectivity index (χ2n) is 6.64. The van der Waals surface area contributed by atoms with E-state index in [2.05, 4.69) is 5.32 Å². The highest BCUT2D eigenvalue weighted by atomic mass is 32.2. The number of aliphatic hydroxyl groups excluding tert-OH is 1. The summed E-state index contributed by atoms with van der Waals surface area (Å²) in [6.45, 7) is 3.12. The number of nitriles is 1. The van der Waals surface area contributed by atoms with Crippen LogP contribution in [0, 0.1) is 30.9 Å². The van der Waals surface area contributed by atoms with Crippen molar-refractivity contribution in [2.75, 3.05) is 18.5 Å². The molecule has 36 heavy (non-hydrogen) atoms. The fourth-order valence-electron chi connectivity index (χ4n) is 1.95. The third kappa shape index (κ3) is 15.8. The predicted octanol–water partition coefficient (Wildman–Crippen LogP) is 4.41. The summed E-state index contributed by atoms with van der Waals surface area (Å²) < 4.78 is 5.10. The fraction of sp³-hybridized carbons (Fsp3) is 0.273. The molecule has 0 saturated carbocycles. The summed E-state index contributed by atoms with van der Waals surface area (Å²) in [7, 11) is 0. The molecule has 0 spiro atoms. The summed E-state index contributed by atoms with van der Waals surface area (Å²) in [5.41, 5.74) is 0.634. The van der Waals surface area contributed by atoms with Crippen molar-refractivity contribution < 1.29 is 29.3 Å². The molecule has 0 aliphatic carbocycles. The molecular weight excluding hydrogens is 512 g/mol. The van der Waals surface area contributed by atoms with E-state index in [1.165, 1.54) is 50.2 Å². The van der Waals surface area contributed by atoms with Crippen molar-refractivity contribution in [3.05, 3.63) is 68.8 Å². The lowest BCUT2D eigenvalue weighted by Gasteiger charge is -2.08. The van der Waals surface area contributed by atoms with Crippen molar-refractivity contribution in [1.29, 1.82) is 5.26 Å². The minimum atomic E-state index is -0.481. The van der Waals surface area contributed by atoms with Crippen molar-refractivity contribution in [2.24, 2.45) is 0 Å². The number of thioether (sulfide) groups is 1. The van der Waals surface area contributed by atoms with Crippen LogP contribution in [0.2, 0.25) is 0 Å². The monoisotopic (exact) mass is 536 g/mol. The van der Waals surface area contributed by atoms with E-state index in [9.17, 15) is 29.8 Å². The average Bonchev–Trinajstić information content (AvgIpc) is 2.80. The molecular formula is C22H24N4O8S2. The molecule has 2 rings (SSSR count). The van der Waals surface area contributed by atoms with Crippen LogP contribution in [0.4, 0.5) is 17.1 Å². The average molecular weight is 537 g/mol. The zero-order chi connectivity index (χ0) is 27.5. The number of ketones is 2. The number of hydrogen-bond donors (Lipinski definition) is 2. The zero-order valence-corrected chi connectivity index (χ0v) is 21.0. The van der Waals surface area contributed by atoms with Crippen LogP contribution in [0.15, 0.2) is 53.4 Å². The number of nitro benzene ring substituents is 2. The molecule has 2 N–H and O–H groups in total. The lowest BCUT2D eigenvalue weighted by Crippen LogP contribution is -2.15. The molecule has 0 atom stereocenters. The Morgan fingerprint density at radius 1 is 1.00 bits per heavy atom. The van der Waals surface area contributed by atoms with Gasteiger partial charge in [-0.2, -0.15) is 5.26 Å². The highest BCUT2D eigenvalue weighted by Gasteiger charge is 2.05. The molecule has 0 heterocycles. The molecule has 0 aromatic heterocycles. The first kappa shape index (κ1) is 32.1. The molecule has 0 radical (unpaired) electrons. The van der Waals surface area contributed by atoms with Gasteiger partial charge in [0.1, 0.15) is 17.0 Å². The lowest BCUT2D eigenvalue weighted by molar-refractivity contribution is -0.385. The summed E-state index contributed by atoms with van der Waals surface area (Å²) in [5, 5.41) is 41.7. The number of nitrogens with zero attached hydrogens (tertiary/aromatic N) is 3. The molecule has 0 unspecified atom stereocenters. The Morgan fingerprint density at radius 2 is 1.47 bits per heavy atom. The van der Waals surface area contributed by atoms with Gasteiger partial charge < -0.3 is 15.2 Å². The topological polar surface area (TPSA) is 186 Å². The van der Waals surface area contributed by atoms with Crippen molar-refractivity contribution >= 4 is 57.8 Å². The largest absolute Gasteiger partial charge is 0.470 e. The van der Waals surface area contributed by atoms with Gasteiger partial charge in [0.25, 0.3) is 16.5 Å². The number of nitro groups is 2. The number of anilines is 1. The molecule has 0 aliphatic heterocycles. The van der Waals surface area contributed by atoms with Crippen molar-refractivity contribution in [3.63, 3.8) is 0 Å². The van der Waals surface area contributed by atoms with Crippen LogP contribution in [0.5, 0.6) is 0 Å². The first-order chi connectivity index (χ1) is 17.0. The number of carbonyl (C=O) groups is 2. The maximum absolute atomic E-state index is 10.7. The number of benzene rings is 2. The van der Waals surface area contributed by atoms with Gasteiger partial charge in [-0.25, -0.2) is 0 Å². The van der Waals surface area contributed by atoms with Gasteiger partial charge in [-0.15, -0.1) is 0 Å². The molecule has 0 saturated heterocycles. The molecule has 0 bridgehead atoms. The summed E-state index contributed by atoms with van der Waals surface area (Å²) in [6, 6.07) is 11.6. The zero-order valence-electron chi connectivity index (χ0n) is 19.4. The first-order valence-electron chi connectivity index (χ1n) is 10.1. The number of carbonyl (C=O) groups excluding carboxylic acids is 2. The number of aliphatic hydroxyl groups is 1. The minimum absolute atomic E-state index is 0.00367. The third-order valence-electron chi connectivity index (χ3n) is 3.69. The number of ether oxygens (including phenoxy) is 1. The molecule has 12 nitrogen and oxygen atoms in total. The highest BCUT2D eigenvalue weighted by molar-refractivity contribution is 8.03. The summed E-state index contributed by atoms with van der Waals surface area (Å²) in [4.78, 5) is 41.0. The number of non-ortho nitro benzene ring substituents is 2. The van der Waals surface area contributed by atoms with Crippen molar-refractivity contribution in [2.45, 2.75) is 31.6 Å². The minimum Gasteiger partial charge on any atom is -0.470 e. The summed E-state index contributed by atoms with van der Waals surface area (Å²) in [6.07, 6.45) is 0.585. The standard InChI is InChI=1S/C11H12N2O4S.C7H4N2O2S.C4H8O2/c1-8(14)6-7-17-11(18)12-9-2-4-10(5-3-9)13(15)16;8-5-12-7-3-1-6(2-4-7)9(10)11;1-4(6)2-3-5/h2-5H,6-7H2,1H3,(H,12,18);1-4H;5H,2-3H2,1H3. The summed E-state index contributed by atoms with van der Waals surface area (Å²) >= 11 is 5.87. The van der Waals surface area contributed by atoms with Gasteiger partial charge in [-0.05, 0) is 62.1 Å². The van der Waals surface area contributed by atoms with Gasteiger partial charge in [-0.3, -0.25) is 29.8 Å². The van der Waals surface area contributed by atoms with Crippen LogP contribution in [0.25, 0.3) is 0 Å². The molecule has 2 aromatic carbocycles. The van der Waals surface area contributed by atoms with E-state index >= 15 is 0 Å². The Kier molecular flexibility index (Phi) is 16.4. The van der Waals surface area contributed by atoms with Crippen LogP contribution in [0.1, 0.15) is 26.7 Å². The third-order valence-corrected chi connectivity index (χ3v) is 4.51. The Bertz CT molecular complexity index is 1070. The smallest absolute Gasteiger partial charge is 0.269 e. The summed E-state index contributed by atoms with van der Waals surface area (Å²) in [5.74, 6) is 0.0608. The fourth-order valence-corrected chi connectivity index (χ4v) is 2.53. The Labute approximate surface area is 216 Å². The van der Waals surface area contributed by atoms with Gasteiger partial charge in [0.05, 0.1) is 16.5 Å². The number of hydrogen-bond acceptors (Lipinski definition) is 11. The molecule has 0 amide bonds. The lowest BCUT2D eigenvalue weighted by atomic mass is 10.3. The van der Waals surface area contributed by atoms with Gasteiger partial charge in [0, 0.05) is 54.3 Å². The molecule has 14 heteroatoms. The number of thiocarbonyl (C=S) groups is 1. The van der Waals surface area contributed by atoms with E-state index in [0.29, 0.717) is 23.4 Å². The van der Waals surface area contributed by atoms with Crippen molar-refractivity contribution in [3.8, 4) is 5.40 Å². The van der Waals surface area contributed by atoms with E-state index in [0.717, 1.165) is 11.8 Å². The number of nitrogens with one attached hydrogen (secondary N) is 1. The quantitative estimate of drug-likeness (QED) is 0.151. The maximum atomic E-state index is 10.7. The normalized spacial score (nSPS) is 9.17. The number of Topliss-reactive ketones (excluding diaryl/α,β-unsaturated/α-hetero) is 2. The van der Waals surface area contributed by atoms with Gasteiger partial charge in [0.15, 0.2) is 0 Å². The molecule has 2 aromatic rings. The first-order valence-corrected chi connectivity index (χ1v) is 11.3. The van der Waals surface area contributed by atoms with E-state index < -0.39 is 9.85 Å². The molecule has 0 fully saturated rings. The van der Waals surface area contributed by atoms with Crippen molar-refractivity contribution in [1.82, 2.24) is 0 Å². The Morgan fingerprint density at radius 3 is 1.83 bits per heavy atom. The van der Waals surface area contributed by atoms with E-state index in [1.807, 2.05) is 5.40 Å².